The molecule has 1 aliphatic heterocycles. The average Bonchev–Trinajstić information content (AvgIpc) is 2.71. The van der Waals surface area contributed by atoms with E-state index in [1.165, 1.54) is 11.8 Å². The third-order valence-electron chi connectivity index (χ3n) is 4.32. The van der Waals surface area contributed by atoms with Gasteiger partial charge in [-0.05, 0) is 24.6 Å². The molecule has 0 bridgehead atoms. The Kier molecular flexibility index (Phi) is 4.58. The van der Waals surface area contributed by atoms with Crippen LogP contribution in [0.2, 0.25) is 5.02 Å². The van der Waals surface area contributed by atoms with Crippen molar-refractivity contribution >= 4 is 11.6 Å². The minimum Gasteiger partial charge on any atom is -0.496 e. The van der Waals surface area contributed by atoms with E-state index in [0.717, 1.165) is 5.56 Å². The van der Waals surface area contributed by atoms with Crippen LogP contribution >= 0.6 is 11.6 Å². The lowest BCUT2D eigenvalue weighted by Gasteiger charge is -2.15. The Morgan fingerprint density at radius 2 is 1.75 bits per heavy atom. The van der Waals surface area contributed by atoms with Crippen LogP contribution in [0.3, 0.4) is 0 Å². The molecule has 0 atom stereocenters. The van der Waals surface area contributed by atoms with E-state index >= 15 is 0 Å². The smallest absolute Gasteiger partial charge is 0.278 e. The molecular weight excluding hydrogens is 334 g/mol. The molecule has 0 radical (unpaired) electrons. The van der Waals surface area contributed by atoms with Crippen LogP contribution in [0.25, 0.3) is 11.1 Å². The molecule has 24 heavy (non-hydrogen) atoms. The van der Waals surface area contributed by atoms with Gasteiger partial charge in [0.2, 0.25) is 5.88 Å². The Morgan fingerprint density at radius 3 is 2.38 bits per heavy atom. The molecule has 1 aromatic carbocycles. The summed E-state index contributed by atoms with van der Waals surface area (Å²) < 4.78 is 8.51. The molecule has 0 saturated heterocycles. The largest absolute Gasteiger partial charge is 0.496 e. The molecule has 0 spiro atoms. The number of halogens is 1. The average molecular weight is 354 g/mol. The summed E-state index contributed by atoms with van der Waals surface area (Å²) in [5.74, 6) is 0.397. The number of aromatic nitrogens is 2. The highest BCUT2D eigenvalue weighted by Gasteiger charge is 2.27. The van der Waals surface area contributed by atoms with Crippen molar-refractivity contribution in [3.63, 3.8) is 0 Å². The summed E-state index contributed by atoms with van der Waals surface area (Å²) >= 11 is 6.07. The minimum atomic E-state index is -0.255. The minimum absolute atomic E-state index is 0.0679. The predicted octanol–water partition coefficient (Wildman–Crippen LogP) is 1.87. The van der Waals surface area contributed by atoms with Crippen molar-refractivity contribution in [3.8, 4) is 22.8 Å². The monoisotopic (exact) mass is 353 g/mol. The topological polar surface area (TPSA) is 68.9 Å². The van der Waals surface area contributed by atoms with E-state index in [4.69, 9.17) is 21.2 Å². The van der Waals surface area contributed by atoms with E-state index in [2.05, 4.69) is 0 Å². The van der Waals surface area contributed by atoms with E-state index in [9.17, 15) is 9.90 Å². The normalized spacial score (nSPS) is 15.2. The van der Waals surface area contributed by atoms with Crippen LogP contribution in [0.15, 0.2) is 16.9 Å². The molecule has 0 unspecified atom stereocenters. The molecule has 1 aliphatic rings. The number of aryl methyl sites for hydroxylation is 1. The van der Waals surface area contributed by atoms with Gasteiger partial charge in [0.15, 0.2) is 0 Å². The quantitative estimate of drug-likeness (QED) is 0.912. The van der Waals surface area contributed by atoms with Crippen molar-refractivity contribution in [2.45, 2.75) is 20.0 Å². The van der Waals surface area contributed by atoms with Crippen LogP contribution in [-0.4, -0.2) is 46.8 Å². The molecule has 130 valence electrons. The fourth-order valence-corrected chi connectivity index (χ4v) is 3.41. The molecule has 2 heterocycles. The molecule has 1 N–H and O–H groups in total. The van der Waals surface area contributed by atoms with Gasteiger partial charge in [0, 0.05) is 23.7 Å². The molecule has 3 rings (SSSR count). The number of ether oxygens (including phenoxy) is 1. The lowest BCUT2D eigenvalue weighted by Crippen LogP contribution is -2.27. The standard InChI is InChI=1S/C16H20ClN3O4/c1-10-8-11(17)9-12(23-2)13(10)14-15(21)19-6-4-18(24-3)5-7-20(19)16(14)22/h8-9,21H,4-7H2,1-3H3. The number of benzene rings is 1. The number of aromatic hydroxyl groups is 1. The number of nitrogens with zero attached hydrogens (tertiary/aromatic N) is 3. The van der Waals surface area contributed by atoms with E-state index in [1.807, 2.05) is 6.92 Å². The van der Waals surface area contributed by atoms with Gasteiger partial charge in [0.1, 0.15) is 11.3 Å². The summed E-state index contributed by atoms with van der Waals surface area (Å²) in [6, 6.07) is 3.39. The van der Waals surface area contributed by atoms with Crippen molar-refractivity contribution in [3.05, 3.63) is 33.1 Å². The first-order valence-corrected chi connectivity index (χ1v) is 8.01. The molecular formula is C16H20ClN3O4. The number of hydroxylamine groups is 2. The number of hydrogen-bond donors (Lipinski definition) is 1. The first-order valence-electron chi connectivity index (χ1n) is 7.64. The van der Waals surface area contributed by atoms with Crippen LogP contribution in [-0.2, 0) is 17.9 Å². The van der Waals surface area contributed by atoms with Gasteiger partial charge < -0.3 is 14.7 Å². The third kappa shape index (κ3) is 2.68. The van der Waals surface area contributed by atoms with Gasteiger partial charge in [-0.3, -0.25) is 4.79 Å². The van der Waals surface area contributed by atoms with Crippen LogP contribution in [0, 0.1) is 6.92 Å². The fraction of sp³-hybridized carbons (Fsp3) is 0.438. The molecule has 7 nitrogen and oxygen atoms in total. The van der Waals surface area contributed by atoms with E-state index in [1.54, 1.807) is 29.0 Å². The lowest BCUT2D eigenvalue weighted by atomic mass is 10.0. The molecule has 0 saturated carbocycles. The highest BCUT2D eigenvalue weighted by molar-refractivity contribution is 6.31. The first kappa shape index (κ1) is 16.9. The maximum atomic E-state index is 12.9. The van der Waals surface area contributed by atoms with Crippen LogP contribution in [0.1, 0.15) is 5.56 Å². The van der Waals surface area contributed by atoms with Gasteiger partial charge in [-0.1, -0.05) is 11.6 Å². The SMILES string of the molecule is COc1cc(Cl)cc(C)c1-c1c(O)n2n(c1=O)CCN(OC)CC2. The fourth-order valence-electron chi connectivity index (χ4n) is 3.15. The molecule has 0 fully saturated rings. The number of fused-ring (bicyclic) bond motifs is 1. The highest BCUT2D eigenvalue weighted by Crippen LogP contribution is 2.38. The van der Waals surface area contributed by atoms with Crippen LogP contribution < -0.4 is 10.3 Å². The molecule has 1 aromatic heterocycles. The predicted molar refractivity (Wildman–Crippen MR) is 90.7 cm³/mol. The van der Waals surface area contributed by atoms with Crippen molar-refractivity contribution in [1.29, 1.82) is 0 Å². The van der Waals surface area contributed by atoms with E-state index < -0.39 is 0 Å². The molecule has 0 aliphatic carbocycles. The molecule has 2 aromatic rings. The Labute approximate surface area is 144 Å². The van der Waals surface area contributed by atoms with Crippen LogP contribution in [0.5, 0.6) is 11.6 Å². The van der Waals surface area contributed by atoms with Crippen molar-refractivity contribution < 1.29 is 14.7 Å². The van der Waals surface area contributed by atoms with Gasteiger partial charge in [0.05, 0.1) is 27.3 Å². The summed E-state index contributed by atoms with van der Waals surface area (Å²) in [6.07, 6.45) is 0. The zero-order valence-corrected chi connectivity index (χ0v) is 14.6. The lowest BCUT2D eigenvalue weighted by molar-refractivity contribution is -0.130. The Bertz CT molecular complexity index is 828. The summed E-state index contributed by atoms with van der Waals surface area (Å²) in [4.78, 5) is 18.1. The summed E-state index contributed by atoms with van der Waals surface area (Å²) in [5, 5.41) is 13.0. The molecule has 8 heteroatoms. The zero-order valence-electron chi connectivity index (χ0n) is 13.9. The van der Waals surface area contributed by atoms with Gasteiger partial charge in [0.25, 0.3) is 5.56 Å². The summed E-state index contributed by atoms with van der Waals surface area (Å²) in [6.45, 7) is 3.85. The Hall–Kier alpha value is -1.96. The van der Waals surface area contributed by atoms with Gasteiger partial charge in [-0.25, -0.2) is 9.36 Å². The second-order valence-electron chi connectivity index (χ2n) is 5.66. The first-order chi connectivity index (χ1) is 11.5. The highest BCUT2D eigenvalue weighted by atomic mass is 35.5. The Morgan fingerprint density at radius 1 is 1.08 bits per heavy atom. The van der Waals surface area contributed by atoms with E-state index in [0.29, 0.717) is 42.5 Å². The second-order valence-corrected chi connectivity index (χ2v) is 6.10. The third-order valence-corrected chi connectivity index (χ3v) is 4.54. The molecule has 0 amide bonds. The van der Waals surface area contributed by atoms with E-state index in [-0.39, 0.29) is 17.0 Å². The van der Waals surface area contributed by atoms with Crippen molar-refractivity contribution in [1.82, 2.24) is 14.4 Å². The van der Waals surface area contributed by atoms with Crippen molar-refractivity contribution in [2.24, 2.45) is 0 Å². The van der Waals surface area contributed by atoms with Gasteiger partial charge >= 0.3 is 0 Å². The second kappa shape index (κ2) is 6.51. The van der Waals surface area contributed by atoms with Crippen molar-refractivity contribution in [2.75, 3.05) is 27.3 Å². The van der Waals surface area contributed by atoms with Gasteiger partial charge in [-0.15, -0.1) is 0 Å². The maximum Gasteiger partial charge on any atom is 0.278 e. The number of methoxy groups -OCH3 is 1. The summed E-state index contributed by atoms with van der Waals surface area (Å²) in [5.41, 5.74) is 1.33. The maximum absolute atomic E-state index is 12.9. The zero-order chi connectivity index (χ0) is 17.4. The number of rotatable bonds is 3. The number of hydrogen-bond acceptors (Lipinski definition) is 5. The Balaban J connectivity index is 2.18. The van der Waals surface area contributed by atoms with Gasteiger partial charge in [-0.2, -0.15) is 5.06 Å². The summed E-state index contributed by atoms with van der Waals surface area (Å²) in [7, 11) is 3.11. The van der Waals surface area contributed by atoms with Crippen LogP contribution in [0.4, 0.5) is 0 Å².